The van der Waals surface area contributed by atoms with Crippen LogP contribution in [0.3, 0.4) is 0 Å². The molecule has 0 fully saturated rings. The third-order valence-electron chi connectivity index (χ3n) is 2.86. The zero-order valence-electron chi connectivity index (χ0n) is 11.2. The molecule has 3 N–H and O–H groups in total. The van der Waals surface area contributed by atoms with Crippen LogP contribution >= 0.6 is 15.9 Å². The topological polar surface area (TPSA) is 64.3 Å². The first-order valence-corrected chi connectivity index (χ1v) is 6.81. The fourth-order valence-corrected chi connectivity index (χ4v) is 2.38. The number of ether oxygens (including phenoxy) is 1. The van der Waals surface area contributed by atoms with E-state index in [4.69, 9.17) is 10.5 Å². The van der Waals surface area contributed by atoms with Gasteiger partial charge >= 0.3 is 0 Å². The van der Waals surface area contributed by atoms with Crippen molar-refractivity contribution in [1.29, 1.82) is 0 Å². The highest BCUT2D eigenvalue weighted by Gasteiger charge is 2.10. The van der Waals surface area contributed by atoms with Crippen molar-refractivity contribution in [3.05, 3.63) is 52.0 Å². The summed E-state index contributed by atoms with van der Waals surface area (Å²) >= 11 is 3.43. The van der Waals surface area contributed by atoms with Crippen molar-refractivity contribution in [3.63, 3.8) is 0 Å². The molecule has 0 aliphatic carbocycles. The van der Waals surface area contributed by atoms with E-state index in [-0.39, 0.29) is 5.91 Å². The van der Waals surface area contributed by atoms with Gasteiger partial charge in [0, 0.05) is 10.0 Å². The SMILES string of the molecule is COc1ccc(C(=O)Nc2ccc(C)cc2Br)cc1N. The molecule has 0 aliphatic heterocycles. The quantitative estimate of drug-likeness (QED) is 0.843. The van der Waals surface area contributed by atoms with Crippen molar-refractivity contribution in [1.82, 2.24) is 0 Å². The minimum atomic E-state index is -0.219. The Balaban J connectivity index is 2.21. The molecule has 0 saturated carbocycles. The molecule has 104 valence electrons. The van der Waals surface area contributed by atoms with E-state index in [0.29, 0.717) is 17.0 Å². The molecule has 2 aromatic carbocycles. The second kappa shape index (κ2) is 5.96. The first-order chi connectivity index (χ1) is 9.51. The fraction of sp³-hybridized carbons (Fsp3) is 0.133. The predicted molar refractivity (Wildman–Crippen MR) is 84.2 cm³/mol. The summed E-state index contributed by atoms with van der Waals surface area (Å²) < 4.78 is 5.91. The van der Waals surface area contributed by atoms with Crippen LogP contribution in [-0.2, 0) is 0 Å². The van der Waals surface area contributed by atoms with Crippen LogP contribution in [0.4, 0.5) is 11.4 Å². The van der Waals surface area contributed by atoms with Crippen LogP contribution in [0.25, 0.3) is 0 Å². The lowest BCUT2D eigenvalue weighted by Crippen LogP contribution is -2.12. The monoisotopic (exact) mass is 334 g/mol. The van der Waals surface area contributed by atoms with Gasteiger partial charge in [0.2, 0.25) is 0 Å². The van der Waals surface area contributed by atoms with Crippen molar-refractivity contribution in [2.75, 3.05) is 18.2 Å². The maximum absolute atomic E-state index is 12.2. The molecule has 0 aromatic heterocycles. The molecule has 0 spiro atoms. The Morgan fingerprint density at radius 2 is 2.00 bits per heavy atom. The Hall–Kier alpha value is -2.01. The van der Waals surface area contributed by atoms with Gasteiger partial charge in [0.1, 0.15) is 5.75 Å². The summed E-state index contributed by atoms with van der Waals surface area (Å²) in [5.41, 5.74) is 8.55. The Morgan fingerprint density at radius 3 is 2.60 bits per heavy atom. The number of methoxy groups -OCH3 is 1. The lowest BCUT2D eigenvalue weighted by molar-refractivity contribution is 0.102. The molecule has 0 aliphatic rings. The molecule has 1 amide bonds. The minimum absolute atomic E-state index is 0.219. The van der Waals surface area contributed by atoms with Gasteiger partial charge in [-0.1, -0.05) is 6.07 Å². The van der Waals surface area contributed by atoms with Gasteiger partial charge in [0.25, 0.3) is 5.91 Å². The summed E-state index contributed by atoms with van der Waals surface area (Å²) in [6.45, 7) is 1.99. The Labute approximate surface area is 126 Å². The second-order valence-electron chi connectivity index (χ2n) is 4.39. The highest BCUT2D eigenvalue weighted by atomic mass is 79.9. The number of carbonyl (C=O) groups is 1. The van der Waals surface area contributed by atoms with Crippen LogP contribution in [0, 0.1) is 6.92 Å². The van der Waals surface area contributed by atoms with E-state index >= 15 is 0 Å². The predicted octanol–water partition coefficient (Wildman–Crippen LogP) is 3.60. The van der Waals surface area contributed by atoms with Gasteiger partial charge in [-0.2, -0.15) is 0 Å². The van der Waals surface area contributed by atoms with Gasteiger partial charge in [-0.25, -0.2) is 0 Å². The summed E-state index contributed by atoms with van der Waals surface area (Å²) in [4.78, 5) is 12.2. The van der Waals surface area contributed by atoms with Crippen LogP contribution in [0.15, 0.2) is 40.9 Å². The zero-order chi connectivity index (χ0) is 14.7. The van der Waals surface area contributed by atoms with Crippen molar-refractivity contribution in [2.45, 2.75) is 6.92 Å². The number of nitrogens with one attached hydrogen (secondary N) is 1. The third-order valence-corrected chi connectivity index (χ3v) is 3.52. The average Bonchev–Trinajstić information content (AvgIpc) is 2.41. The molecule has 0 radical (unpaired) electrons. The number of carbonyl (C=O) groups excluding carboxylic acids is 1. The van der Waals surface area contributed by atoms with E-state index in [1.54, 1.807) is 18.2 Å². The van der Waals surface area contributed by atoms with Crippen molar-refractivity contribution in [3.8, 4) is 5.75 Å². The largest absolute Gasteiger partial charge is 0.495 e. The third kappa shape index (κ3) is 3.11. The van der Waals surface area contributed by atoms with Crippen LogP contribution < -0.4 is 15.8 Å². The molecule has 0 heterocycles. The van der Waals surface area contributed by atoms with Crippen LogP contribution in [-0.4, -0.2) is 13.0 Å². The highest BCUT2D eigenvalue weighted by molar-refractivity contribution is 9.10. The summed E-state index contributed by atoms with van der Waals surface area (Å²) in [5, 5.41) is 2.84. The Morgan fingerprint density at radius 1 is 1.25 bits per heavy atom. The van der Waals surface area contributed by atoms with Crippen LogP contribution in [0.1, 0.15) is 15.9 Å². The number of anilines is 2. The molecule has 20 heavy (non-hydrogen) atoms. The van der Waals surface area contributed by atoms with E-state index in [9.17, 15) is 4.79 Å². The fourth-order valence-electron chi connectivity index (χ4n) is 1.79. The highest BCUT2D eigenvalue weighted by Crippen LogP contribution is 2.25. The molecule has 0 saturated heterocycles. The van der Waals surface area contributed by atoms with Gasteiger partial charge in [-0.15, -0.1) is 0 Å². The molecule has 2 rings (SSSR count). The molecule has 0 atom stereocenters. The number of amides is 1. The van der Waals surface area contributed by atoms with E-state index < -0.39 is 0 Å². The van der Waals surface area contributed by atoms with Crippen molar-refractivity contribution < 1.29 is 9.53 Å². The first kappa shape index (κ1) is 14.4. The molecule has 2 aromatic rings. The van der Waals surface area contributed by atoms with E-state index in [2.05, 4.69) is 21.2 Å². The first-order valence-electron chi connectivity index (χ1n) is 6.02. The molecule has 0 unspecified atom stereocenters. The molecule has 5 heteroatoms. The number of nitrogen functional groups attached to an aromatic ring is 1. The average molecular weight is 335 g/mol. The number of hydrogen-bond donors (Lipinski definition) is 2. The Bertz CT molecular complexity index is 656. The Kier molecular flexibility index (Phi) is 4.29. The molecular weight excluding hydrogens is 320 g/mol. The number of nitrogens with two attached hydrogens (primary N) is 1. The van der Waals surface area contributed by atoms with Gasteiger partial charge < -0.3 is 15.8 Å². The minimum Gasteiger partial charge on any atom is -0.495 e. The lowest BCUT2D eigenvalue weighted by atomic mass is 10.1. The summed E-state index contributed by atoms with van der Waals surface area (Å²) in [5.74, 6) is 0.335. The summed E-state index contributed by atoms with van der Waals surface area (Å²) in [7, 11) is 1.54. The smallest absolute Gasteiger partial charge is 0.255 e. The van der Waals surface area contributed by atoms with Gasteiger partial charge in [-0.3, -0.25) is 4.79 Å². The van der Waals surface area contributed by atoms with Crippen LogP contribution in [0.5, 0.6) is 5.75 Å². The van der Waals surface area contributed by atoms with E-state index in [1.807, 2.05) is 25.1 Å². The van der Waals surface area contributed by atoms with Crippen molar-refractivity contribution in [2.24, 2.45) is 0 Å². The number of halogens is 1. The number of aryl methyl sites for hydroxylation is 1. The number of rotatable bonds is 3. The molecule has 0 bridgehead atoms. The summed E-state index contributed by atoms with van der Waals surface area (Å²) in [6, 6.07) is 10.7. The van der Waals surface area contributed by atoms with E-state index in [0.717, 1.165) is 15.7 Å². The zero-order valence-corrected chi connectivity index (χ0v) is 12.8. The summed E-state index contributed by atoms with van der Waals surface area (Å²) in [6.07, 6.45) is 0. The second-order valence-corrected chi connectivity index (χ2v) is 5.25. The van der Waals surface area contributed by atoms with Crippen molar-refractivity contribution >= 4 is 33.2 Å². The van der Waals surface area contributed by atoms with Gasteiger partial charge in [0.05, 0.1) is 18.5 Å². The number of benzene rings is 2. The molecular formula is C15H15BrN2O2. The van der Waals surface area contributed by atoms with Gasteiger partial charge in [-0.05, 0) is 58.7 Å². The van der Waals surface area contributed by atoms with Crippen LogP contribution in [0.2, 0.25) is 0 Å². The lowest BCUT2D eigenvalue weighted by Gasteiger charge is -2.10. The maximum Gasteiger partial charge on any atom is 0.255 e. The standard InChI is InChI=1S/C15H15BrN2O2/c1-9-3-5-13(11(16)7-9)18-15(19)10-4-6-14(20-2)12(17)8-10/h3-8H,17H2,1-2H3,(H,18,19). The normalized spacial score (nSPS) is 10.2. The van der Waals surface area contributed by atoms with E-state index in [1.165, 1.54) is 7.11 Å². The number of hydrogen-bond acceptors (Lipinski definition) is 3. The van der Waals surface area contributed by atoms with Gasteiger partial charge in [0.15, 0.2) is 0 Å². The maximum atomic E-state index is 12.2. The molecule has 4 nitrogen and oxygen atoms in total.